The van der Waals surface area contributed by atoms with Crippen LogP contribution >= 0.6 is 0 Å². The van der Waals surface area contributed by atoms with Gasteiger partial charge in [-0.15, -0.1) is 0 Å². The largest absolute Gasteiger partial charge is 0.481 e. The molecule has 1 aliphatic rings. The van der Waals surface area contributed by atoms with Gasteiger partial charge in [-0.05, 0) is 42.9 Å². The molecular weight excluding hydrogens is 219 g/mol. The van der Waals surface area contributed by atoms with Crippen molar-refractivity contribution in [1.82, 2.24) is 0 Å². The molecule has 1 fully saturated rings. The first-order valence-corrected chi connectivity index (χ1v) is 6.08. The second-order valence-corrected chi connectivity index (χ2v) is 4.84. The number of aliphatic carboxylic acids is 1. The third kappa shape index (κ3) is 2.48. The van der Waals surface area contributed by atoms with Gasteiger partial charge < -0.3 is 5.11 Å². The molecule has 2 unspecified atom stereocenters. The SMILES string of the molecule is Cc1ccc(C2CCCCC2C(=O)O)cc1F. The Morgan fingerprint density at radius 1 is 1.35 bits per heavy atom. The lowest BCUT2D eigenvalue weighted by Gasteiger charge is -2.29. The van der Waals surface area contributed by atoms with E-state index in [0.29, 0.717) is 12.0 Å². The Bertz CT molecular complexity index is 428. The van der Waals surface area contributed by atoms with E-state index in [1.807, 2.05) is 6.07 Å². The molecule has 0 aromatic heterocycles. The molecule has 0 radical (unpaired) electrons. The van der Waals surface area contributed by atoms with Crippen molar-refractivity contribution in [3.05, 3.63) is 35.1 Å². The second-order valence-electron chi connectivity index (χ2n) is 4.84. The van der Waals surface area contributed by atoms with Crippen LogP contribution < -0.4 is 0 Å². The average Bonchev–Trinajstić information content (AvgIpc) is 2.32. The molecule has 17 heavy (non-hydrogen) atoms. The summed E-state index contributed by atoms with van der Waals surface area (Å²) in [6.07, 6.45) is 3.54. The highest BCUT2D eigenvalue weighted by atomic mass is 19.1. The standard InChI is InChI=1S/C14H17FO2/c1-9-6-7-10(8-13(9)15)11-4-2-3-5-12(11)14(16)17/h6-8,11-12H,2-5H2,1H3,(H,16,17). The Hall–Kier alpha value is -1.38. The van der Waals surface area contributed by atoms with Crippen LogP contribution in [0.15, 0.2) is 18.2 Å². The number of hydrogen-bond acceptors (Lipinski definition) is 1. The van der Waals surface area contributed by atoms with E-state index in [9.17, 15) is 14.3 Å². The van der Waals surface area contributed by atoms with Crippen LogP contribution in [-0.2, 0) is 4.79 Å². The highest BCUT2D eigenvalue weighted by Crippen LogP contribution is 2.38. The first kappa shape index (κ1) is 12.1. The summed E-state index contributed by atoms with van der Waals surface area (Å²) < 4.78 is 13.5. The van der Waals surface area contributed by atoms with Gasteiger partial charge in [0, 0.05) is 0 Å². The van der Waals surface area contributed by atoms with Crippen molar-refractivity contribution in [2.75, 3.05) is 0 Å². The summed E-state index contributed by atoms with van der Waals surface area (Å²) in [6, 6.07) is 5.10. The van der Waals surface area contributed by atoms with Crippen LogP contribution in [0, 0.1) is 18.7 Å². The number of halogens is 1. The van der Waals surface area contributed by atoms with Gasteiger partial charge in [0.15, 0.2) is 0 Å². The number of hydrogen-bond donors (Lipinski definition) is 1. The molecule has 0 saturated heterocycles. The maximum atomic E-state index is 13.5. The first-order chi connectivity index (χ1) is 8.09. The lowest BCUT2D eigenvalue weighted by Crippen LogP contribution is -2.25. The molecule has 0 aliphatic heterocycles. The van der Waals surface area contributed by atoms with Gasteiger partial charge in [0.05, 0.1) is 5.92 Å². The van der Waals surface area contributed by atoms with E-state index in [4.69, 9.17) is 0 Å². The number of carbonyl (C=O) groups is 1. The molecule has 92 valence electrons. The van der Waals surface area contributed by atoms with Gasteiger partial charge in [-0.25, -0.2) is 4.39 Å². The molecule has 1 saturated carbocycles. The molecular formula is C14H17FO2. The van der Waals surface area contributed by atoms with E-state index in [2.05, 4.69) is 0 Å². The van der Waals surface area contributed by atoms with Gasteiger partial charge >= 0.3 is 5.97 Å². The summed E-state index contributed by atoms with van der Waals surface area (Å²) in [7, 11) is 0. The van der Waals surface area contributed by atoms with E-state index in [1.165, 1.54) is 6.07 Å². The molecule has 1 aliphatic carbocycles. The van der Waals surface area contributed by atoms with Crippen LogP contribution in [0.1, 0.15) is 42.7 Å². The van der Waals surface area contributed by atoms with Gasteiger partial charge in [0.25, 0.3) is 0 Å². The summed E-state index contributed by atoms with van der Waals surface area (Å²) in [5.41, 5.74) is 1.44. The maximum Gasteiger partial charge on any atom is 0.307 e. The summed E-state index contributed by atoms with van der Waals surface area (Å²) in [5, 5.41) is 9.20. The molecule has 0 amide bonds. The fourth-order valence-corrected chi connectivity index (χ4v) is 2.67. The van der Waals surface area contributed by atoms with Crippen LogP contribution in [0.4, 0.5) is 4.39 Å². The molecule has 2 rings (SSSR count). The Balaban J connectivity index is 2.29. The lowest BCUT2D eigenvalue weighted by atomic mass is 9.75. The van der Waals surface area contributed by atoms with E-state index in [0.717, 1.165) is 24.8 Å². The van der Waals surface area contributed by atoms with Crippen molar-refractivity contribution in [2.24, 2.45) is 5.92 Å². The highest BCUT2D eigenvalue weighted by Gasteiger charge is 2.31. The van der Waals surface area contributed by atoms with E-state index >= 15 is 0 Å². The average molecular weight is 236 g/mol. The topological polar surface area (TPSA) is 37.3 Å². The second kappa shape index (κ2) is 4.86. The van der Waals surface area contributed by atoms with Crippen LogP contribution in [0.5, 0.6) is 0 Å². The number of aryl methyl sites for hydroxylation is 1. The van der Waals surface area contributed by atoms with Crippen molar-refractivity contribution in [3.63, 3.8) is 0 Å². The Morgan fingerprint density at radius 3 is 2.71 bits per heavy atom. The first-order valence-electron chi connectivity index (χ1n) is 6.08. The zero-order chi connectivity index (χ0) is 12.4. The minimum Gasteiger partial charge on any atom is -0.481 e. The zero-order valence-electron chi connectivity index (χ0n) is 9.95. The lowest BCUT2D eigenvalue weighted by molar-refractivity contribution is -0.143. The maximum absolute atomic E-state index is 13.5. The molecule has 0 spiro atoms. The molecule has 1 aromatic carbocycles. The van der Waals surface area contributed by atoms with Crippen LogP contribution in [-0.4, -0.2) is 11.1 Å². The predicted octanol–water partition coefficient (Wildman–Crippen LogP) is 3.49. The van der Waals surface area contributed by atoms with E-state index < -0.39 is 5.97 Å². The number of carboxylic acid groups (broad SMARTS) is 1. The Labute approximate surface area is 100 Å². The van der Waals surface area contributed by atoms with Crippen LogP contribution in [0.3, 0.4) is 0 Å². The fraction of sp³-hybridized carbons (Fsp3) is 0.500. The van der Waals surface area contributed by atoms with E-state index in [1.54, 1.807) is 13.0 Å². The fourth-order valence-electron chi connectivity index (χ4n) is 2.67. The third-order valence-corrected chi connectivity index (χ3v) is 3.71. The molecule has 0 heterocycles. The summed E-state index contributed by atoms with van der Waals surface area (Å²) in [4.78, 5) is 11.2. The quantitative estimate of drug-likeness (QED) is 0.853. The van der Waals surface area contributed by atoms with Gasteiger partial charge in [-0.1, -0.05) is 25.0 Å². The van der Waals surface area contributed by atoms with Crippen LogP contribution in [0.2, 0.25) is 0 Å². The minimum absolute atomic E-state index is 0.0312. The van der Waals surface area contributed by atoms with Gasteiger partial charge in [-0.3, -0.25) is 4.79 Å². The zero-order valence-corrected chi connectivity index (χ0v) is 9.95. The van der Waals surface area contributed by atoms with Crippen molar-refractivity contribution in [3.8, 4) is 0 Å². The minimum atomic E-state index is -0.754. The molecule has 1 aromatic rings. The Morgan fingerprint density at radius 2 is 2.06 bits per heavy atom. The molecule has 2 nitrogen and oxygen atoms in total. The van der Waals surface area contributed by atoms with Crippen molar-refractivity contribution in [2.45, 2.75) is 38.5 Å². The van der Waals surface area contributed by atoms with Gasteiger partial charge in [-0.2, -0.15) is 0 Å². The smallest absolute Gasteiger partial charge is 0.307 e. The normalized spacial score (nSPS) is 24.6. The molecule has 3 heteroatoms. The van der Waals surface area contributed by atoms with Crippen LogP contribution in [0.25, 0.3) is 0 Å². The Kier molecular flexibility index (Phi) is 3.46. The summed E-state index contributed by atoms with van der Waals surface area (Å²) in [6.45, 7) is 1.72. The number of benzene rings is 1. The van der Waals surface area contributed by atoms with Gasteiger partial charge in [0.1, 0.15) is 5.82 Å². The number of rotatable bonds is 2. The van der Waals surface area contributed by atoms with E-state index in [-0.39, 0.29) is 17.7 Å². The molecule has 1 N–H and O–H groups in total. The summed E-state index contributed by atoms with van der Waals surface area (Å²) >= 11 is 0. The van der Waals surface area contributed by atoms with Crippen molar-refractivity contribution >= 4 is 5.97 Å². The van der Waals surface area contributed by atoms with Gasteiger partial charge in [0.2, 0.25) is 0 Å². The third-order valence-electron chi connectivity index (χ3n) is 3.71. The molecule has 2 atom stereocenters. The monoisotopic (exact) mass is 236 g/mol. The predicted molar refractivity (Wildman–Crippen MR) is 63.5 cm³/mol. The highest BCUT2D eigenvalue weighted by molar-refractivity contribution is 5.71. The molecule has 0 bridgehead atoms. The number of carboxylic acids is 1. The van der Waals surface area contributed by atoms with Crippen molar-refractivity contribution < 1.29 is 14.3 Å². The summed E-state index contributed by atoms with van der Waals surface area (Å²) in [5.74, 6) is -1.38. The van der Waals surface area contributed by atoms with Crippen molar-refractivity contribution in [1.29, 1.82) is 0 Å².